The van der Waals surface area contributed by atoms with Crippen LogP contribution in [0, 0.1) is 0 Å². The first-order chi connectivity index (χ1) is 11.5. The molecule has 1 aliphatic carbocycles. The number of carbonyl (C=O) groups is 1. The predicted molar refractivity (Wildman–Crippen MR) is 88.9 cm³/mol. The van der Waals surface area contributed by atoms with Gasteiger partial charge in [-0.2, -0.15) is 0 Å². The minimum atomic E-state index is -3.64. The lowest BCUT2D eigenvalue weighted by Gasteiger charge is -2.09. The summed E-state index contributed by atoms with van der Waals surface area (Å²) >= 11 is 0. The molecular weight excluding hydrogens is 328 g/mol. The summed E-state index contributed by atoms with van der Waals surface area (Å²) in [6, 6.07) is 6.22. The molecule has 7 nitrogen and oxygen atoms in total. The number of imidazole rings is 1. The van der Waals surface area contributed by atoms with Crippen LogP contribution in [0.2, 0.25) is 0 Å². The van der Waals surface area contributed by atoms with Crippen LogP contribution < -0.4 is 10.0 Å². The van der Waals surface area contributed by atoms with Crippen molar-refractivity contribution in [3.8, 4) is 0 Å². The quantitative estimate of drug-likeness (QED) is 0.788. The van der Waals surface area contributed by atoms with Crippen LogP contribution in [0.3, 0.4) is 0 Å². The Bertz CT molecular complexity index is 823. The number of sulfonamides is 1. The summed E-state index contributed by atoms with van der Waals surface area (Å²) in [6.07, 6.45) is 5.32. The van der Waals surface area contributed by atoms with Crippen molar-refractivity contribution in [2.45, 2.75) is 43.8 Å². The number of hydrogen-bond acceptors (Lipinski definition) is 4. The zero-order chi connectivity index (χ0) is 17.2. The van der Waals surface area contributed by atoms with Gasteiger partial charge in [-0.1, -0.05) is 0 Å². The number of amides is 1. The van der Waals surface area contributed by atoms with Crippen molar-refractivity contribution in [1.82, 2.24) is 19.6 Å². The molecule has 0 bridgehead atoms. The van der Waals surface area contributed by atoms with Crippen molar-refractivity contribution in [3.63, 3.8) is 0 Å². The van der Waals surface area contributed by atoms with E-state index in [1.807, 2.05) is 11.5 Å². The van der Waals surface area contributed by atoms with E-state index in [1.54, 1.807) is 12.5 Å². The molecule has 2 N–H and O–H groups in total. The van der Waals surface area contributed by atoms with Gasteiger partial charge in [-0.25, -0.2) is 18.1 Å². The number of nitrogens with zero attached hydrogens (tertiary/aromatic N) is 2. The van der Waals surface area contributed by atoms with Crippen LogP contribution in [0.15, 0.2) is 41.7 Å². The number of aromatic nitrogens is 2. The highest BCUT2D eigenvalue weighted by atomic mass is 32.2. The molecule has 1 amide bonds. The second-order valence-corrected chi connectivity index (χ2v) is 7.53. The second kappa shape index (κ2) is 6.74. The van der Waals surface area contributed by atoms with Crippen molar-refractivity contribution >= 4 is 15.9 Å². The van der Waals surface area contributed by atoms with Gasteiger partial charge < -0.3 is 9.88 Å². The molecule has 0 aliphatic heterocycles. The topological polar surface area (TPSA) is 93.1 Å². The van der Waals surface area contributed by atoms with Crippen molar-refractivity contribution in [2.24, 2.45) is 0 Å². The van der Waals surface area contributed by atoms with Crippen LogP contribution in [0.4, 0.5) is 0 Å². The molecule has 2 aromatic rings. The summed E-state index contributed by atoms with van der Waals surface area (Å²) in [5.41, 5.74) is 1.26. The fourth-order valence-electron chi connectivity index (χ4n) is 2.31. The minimum absolute atomic E-state index is 0.132. The van der Waals surface area contributed by atoms with Gasteiger partial charge in [0, 0.05) is 24.3 Å². The van der Waals surface area contributed by atoms with E-state index in [0.29, 0.717) is 5.56 Å². The Balaban J connectivity index is 1.66. The van der Waals surface area contributed by atoms with Crippen molar-refractivity contribution in [2.75, 3.05) is 0 Å². The van der Waals surface area contributed by atoms with E-state index in [4.69, 9.17) is 0 Å². The van der Waals surface area contributed by atoms with E-state index < -0.39 is 10.0 Å². The van der Waals surface area contributed by atoms with E-state index >= 15 is 0 Å². The van der Waals surface area contributed by atoms with Crippen LogP contribution in [0.25, 0.3) is 0 Å². The molecule has 0 radical (unpaired) electrons. The SMILES string of the molecule is CCn1cncc1CNS(=O)(=O)c1ccc(C(=O)NC2CC2)cc1. The highest BCUT2D eigenvalue weighted by Crippen LogP contribution is 2.19. The molecular formula is C16H20N4O3S. The first-order valence-corrected chi connectivity index (χ1v) is 9.37. The van der Waals surface area contributed by atoms with E-state index in [-0.39, 0.29) is 23.4 Å². The van der Waals surface area contributed by atoms with Gasteiger partial charge >= 0.3 is 0 Å². The van der Waals surface area contributed by atoms with Gasteiger partial charge in [0.1, 0.15) is 0 Å². The zero-order valence-corrected chi connectivity index (χ0v) is 14.2. The number of rotatable bonds is 7. The summed E-state index contributed by atoms with van der Waals surface area (Å²) in [5.74, 6) is -0.166. The molecule has 0 atom stereocenters. The van der Waals surface area contributed by atoms with Crippen LogP contribution in [0.5, 0.6) is 0 Å². The Morgan fingerprint density at radius 1 is 1.29 bits per heavy atom. The molecule has 1 aliphatic rings. The van der Waals surface area contributed by atoms with Crippen LogP contribution >= 0.6 is 0 Å². The van der Waals surface area contributed by atoms with E-state index in [0.717, 1.165) is 25.1 Å². The zero-order valence-electron chi connectivity index (χ0n) is 13.4. The maximum atomic E-state index is 12.4. The normalized spacial score (nSPS) is 14.5. The molecule has 1 aromatic carbocycles. The van der Waals surface area contributed by atoms with Gasteiger partial charge in [0.05, 0.1) is 23.5 Å². The monoisotopic (exact) mass is 348 g/mol. The molecule has 3 rings (SSSR count). The van der Waals surface area contributed by atoms with Gasteiger partial charge in [-0.15, -0.1) is 0 Å². The molecule has 1 saturated carbocycles. The summed E-state index contributed by atoms with van der Waals surface area (Å²) in [7, 11) is -3.64. The summed E-state index contributed by atoms with van der Waals surface area (Å²) < 4.78 is 29.1. The second-order valence-electron chi connectivity index (χ2n) is 5.77. The Morgan fingerprint density at radius 2 is 2.00 bits per heavy atom. The summed E-state index contributed by atoms with van der Waals surface area (Å²) in [5, 5.41) is 2.87. The third kappa shape index (κ3) is 3.82. The van der Waals surface area contributed by atoms with Gasteiger partial charge in [-0.05, 0) is 44.0 Å². The van der Waals surface area contributed by atoms with Gasteiger partial charge in [-0.3, -0.25) is 4.79 Å². The average molecular weight is 348 g/mol. The fraction of sp³-hybridized carbons (Fsp3) is 0.375. The molecule has 1 fully saturated rings. The summed E-state index contributed by atoms with van der Waals surface area (Å²) in [6.45, 7) is 2.85. The van der Waals surface area contributed by atoms with Gasteiger partial charge in [0.25, 0.3) is 5.91 Å². The lowest BCUT2D eigenvalue weighted by atomic mass is 10.2. The molecule has 0 spiro atoms. The van der Waals surface area contributed by atoms with E-state index in [1.165, 1.54) is 24.3 Å². The molecule has 128 valence electrons. The Labute approximate surface area is 141 Å². The maximum absolute atomic E-state index is 12.4. The highest BCUT2D eigenvalue weighted by molar-refractivity contribution is 7.89. The minimum Gasteiger partial charge on any atom is -0.349 e. The summed E-state index contributed by atoms with van der Waals surface area (Å²) in [4.78, 5) is 16.1. The number of hydrogen-bond donors (Lipinski definition) is 2. The molecule has 24 heavy (non-hydrogen) atoms. The third-order valence-electron chi connectivity index (χ3n) is 3.92. The molecule has 8 heteroatoms. The van der Waals surface area contributed by atoms with Gasteiger partial charge in [0.2, 0.25) is 10.0 Å². The molecule has 0 unspecified atom stereocenters. The van der Waals surface area contributed by atoms with E-state index in [2.05, 4.69) is 15.0 Å². The first kappa shape index (κ1) is 16.7. The third-order valence-corrected chi connectivity index (χ3v) is 5.34. The first-order valence-electron chi connectivity index (χ1n) is 7.89. The largest absolute Gasteiger partial charge is 0.349 e. The lowest BCUT2D eigenvalue weighted by molar-refractivity contribution is 0.0951. The maximum Gasteiger partial charge on any atom is 0.251 e. The van der Waals surface area contributed by atoms with Gasteiger partial charge in [0.15, 0.2) is 0 Å². The van der Waals surface area contributed by atoms with Crippen molar-refractivity contribution in [1.29, 1.82) is 0 Å². The number of nitrogens with one attached hydrogen (secondary N) is 2. The molecule has 0 saturated heterocycles. The fourth-order valence-corrected chi connectivity index (χ4v) is 3.31. The van der Waals surface area contributed by atoms with Crippen LogP contribution in [-0.2, 0) is 23.1 Å². The molecule has 1 heterocycles. The Hall–Kier alpha value is -2.19. The van der Waals surface area contributed by atoms with Crippen molar-refractivity contribution < 1.29 is 13.2 Å². The number of carbonyl (C=O) groups excluding carboxylic acids is 1. The number of aryl methyl sites for hydroxylation is 1. The standard InChI is InChI=1S/C16H20N4O3S/c1-2-20-11-17-9-14(20)10-18-24(22,23)15-7-3-12(4-8-15)16(21)19-13-5-6-13/h3-4,7-9,11,13,18H,2,5-6,10H2,1H3,(H,19,21). The Morgan fingerprint density at radius 3 is 2.62 bits per heavy atom. The van der Waals surface area contributed by atoms with Crippen LogP contribution in [0.1, 0.15) is 35.8 Å². The average Bonchev–Trinajstić information content (AvgIpc) is 3.27. The highest BCUT2D eigenvalue weighted by Gasteiger charge is 2.24. The molecule has 1 aromatic heterocycles. The van der Waals surface area contributed by atoms with E-state index in [9.17, 15) is 13.2 Å². The lowest BCUT2D eigenvalue weighted by Crippen LogP contribution is -2.26. The predicted octanol–water partition coefficient (Wildman–Crippen LogP) is 1.27. The van der Waals surface area contributed by atoms with Crippen LogP contribution in [-0.4, -0.2) is 29.9 Å². The number of benzene rings is 1. The van der Waals surface area contributed by atoms with Crippen molar-refractivity contribution in [3.05, 3.63) is 48.0 Å². The smallest absolute Gasteiger partial charge is 0.251 e. The Kier molecular flexibility index (Phi) is 4.68.